The molecular weight excluding hydrogens is 681 g/mol. The molecule has 10 aromatic rings. The van der Waals surface area contributed by atoms with Crippen LogP contribution in [0.2, 0.25) is 0 Å². The van der Waals surface area contributed by atoms with Gasteiger partial charge in [0.15, 0.2) is 5.82 Å². The van der Waals surface area contributed by atoms with Gasteiger partial charge < -0.3 is 4.42 Å². The number of furan rings is 1. The molecule has 2 heterocycles. The fourth-order valence-electron chi connectivity index (χ4n) is 9.44. The summed E-state index contributed by atoms with van der Waals surface area (Å²) in [7, 11) is 0. The van der Waals surface area contributed by atoms with E-state index in [0.29, 0.717) is 5.82 Å². The Labute approximate surface area is 324 Å². The fourth-order valence-corrected chi connectivity index (χ4v) is 9.44. The van der Waals surface area contributed by atoms with Crippen molar-refractivity contribution in [2.45, 2.75) is 5.41 Å². The number of rotatable bonds is 4. The number of fused-ring (bicyclic) bond motifs is 13. The van der Waals surface area contributed by atoms with E-state index in [1.807, 2.05) is 18.2 Å². The second-order valence-electron chi connectivity index (χ2n) is 14.9. The van der Waals surface area contributed by atoms with Crippen molar-refractivity contribution in [3.05, 3.63) is 216 Å². The molecule has 0 saturated heterocycles. The van der Waals surface area contributed by atoms with Gasteiger partial charge in [-0.05, 0) is 80.0 Å². The Morgan fingerprint density at radius 2 is 0.982 bits per heavy atom. The van der Waals surface area contributed by atoms with E-state index in [4.69, 9.17) is 14.4 Å². The predicted molar refractivity (Wildman–Crippen MR) is 227 cm³/mol. The van der Waals surface area contributed by atoms with Crippen molar-refractivity contribution in [3.8, 4) is 67.5 Å². The van der Waals surface area contributed by atoms with Gasteiger partial charge in [0.1, 0.15) is 11.3 Å². The van der Waals surface area contributed by atoms with Gasteiger partial charge in [-0.15, -0.1) is 0 Å². The Balaban J connectivity index is 1.02. The monoisotopic (exact) mass is 712 g/mol. The van der Waals surface area contributed by atoms with Gasteiger partial charge in [0, 0.05) is 33.2 Å². The standard InChI is InChI=1S/C53H32N2O/c1-2-14-34(15-3-1)52-54-47(32-48(55-52)39-26-25-33-13-4-5-16-35(33)29-39)38-18-12-17-36(30-38)37-27-28-46-43(31-37)40-19-6-9-22-44(40)53(46)45-23-10-7-20-41(45)51-50(53)42-21-8-11-24-49(42)56-51/h1-32H. The molecule has 0 aliphatic heterocycles. The van der Waals surface area contributed by atoms with Gasteiger partial charge >= 0.3 is 0 Å². The summed E-state index contributed by atoms with van der Waals surface area (Å²) in [6.07, 6.45) is 0. The summed E-state index contributed by atoms with van der Waals surface area (Å²) < 4.78 is 6.68. The highest BCUT2D eigenvalue weighted by atomic mass is 16.3. The first-order valence-corrected chi connectivity index (χ1v) is 19.1. The van der Waals surface area contributed by atoms with Crippen molar-refractivity contribution in [2.75, 3.05) is 0 Å². The van der Waals surface area contributed by atoms with Crippen LogP contribution in [0, 0.1) is 0 Å². The molecule has 0 radical (unpaired) electrons. The highest BCUT2D eigenvalue weighted by molar-refractivity contribution is 6.02. The van der Waals surface area contributed by atoms with Crippen molar-refractivity contribution < 1.29 is 4.42 Å². The largest absolute Gasteiger partial charge is 0.456 e. The number of para-hydroxylation sites is 1. The quantitative estimate of drug-likeness (QED) is 0.182. The zero-order valence-corrected chi connectivity index (χ0v) is 30.3. The van der Waals surface area contributed by atoms with Gasteiger partial charge in [0.25, 0.3) is 0 Å². The number of benzene rings is 8. The molecule has 2 aliphatic carbocycles. The predicted octanol–water partition coefficient (Wildman–Crippen LogP) is 13.4. The third-order valence-corrected chi connectivity index (χ3v) is 11.9. The molecule has 0 bridgehead atoms. The second kappa shape index (κ2) is 11.8. The van der Waals surface area contributed by atoms with Crippen molar-refractivity contribution in [3.63, 3.8) is 0 Å². The van der Waals surface area contributed by atoms with E-state index < -0.39 is 5.41 Å². The van der Waals surface area contributed by atoms with Crippen molar-refractivity contribution in [1.82, 2.24) is 9.97 Å². The molecule has 3 heteroatoms. The zero-order chi connectivity index (χ0) is 36.8. The van der Waals surface area contributed by atoms with Crippen LogP contribution in [0.4, 0.5) is 0 Å². The highest BCUT2D eigenvalue weighted by Gasteiger charge is 2.54. The molecule has 1 spiro atoms. The molecule has 260 valence electrons. The van der Waals surface area contributed by atoms with Gasteiger partial charge in [-0.25, -0.2) is 9.97 Å². The van der Waals surface area contributed by atoms with E-state index in [-0.39, 0.29) is 0 Å². The lowest BCUT2D eigenvalue weighted by Gasteiger charge is -2.29. The smallest absolute Gasteiger partial charge is 0.160 e. The van der Waals surface area contributed by atoms with E-state index in [1.165, 1.54) is 55.1 Å². The summed E-state index contributed by atoms with van der Waals surface area (Å²) in [4.78, 5) is 10.3. The van der Waals surface area contributed by atoms with Gasteiger partial charge in [-0.2, -0.15) is 0 Å². The first kappa shape index (κ1) is 31.0. The Kier molecular flexibility index (Phi) is 6.55. The van der Waals surface area contributed by atoms with Crippen LogP contribution in [0.5, 0.6) is 0 Å². The van der Waals surface area contributed by atoms with Crippen LogP contribution in [-0.2, 0) is 5.41 Å². The second-order valence-corrected chi connectivity index (χ2v) is 14.9. The average molecular weight is 713 g/mol. The summed E-state index contributed by atoms with van der Waals surface area (Å²) in [5, 5.41) is 3.56. The molecule has 1 unspecified atom stereocenters. The topological polar surface area (TPSA) is 38.9 Å². The van der Waals surface area contributed by atoms with E-state index in [2.05, 4.69) is 176 Å². The third kappa shape index (κ3) is 4.40. The summed E-state index contributed by atoms with van der Waals surface area (Å²) in [6.45, 7) is 0. The zero-order valence-electron chi connectivity index (χ0n) is 30.3. The molecule has 3 nitrogen and oxygen atoms in total. The Hall–Kier alpha value is -7.36. The van der Waals surface area contributed by atoms with Gasteiger partial charge in [-0.1, -0.05) is 164 Å². The molecule has 1 atom stereocenters. The van der Waals surface area contributed by atoms with Crippen LogP contribution >= 0.6 is 0 Å². The molecule has 0 fully saturated rings. The van der Waals surface area contributed by atoms with Gasteiger partial charge in [-0.3, -0.25) is 0 Å². The lowest BCUT2D eigenvalue weighted by atomic mass is 9.70. The Bertz CT molecular complexity index is 3210. The maximum absolute atomic E-state index is 6.68. The minimum Gasteiger partial charge on any atom is -0.456 e. The van der Waals surface area contributed by atoms with Crippen molar-refractivity contribution >= 4 is 21.7 Å². The molecule has 0 amide bonds. The van der Waals surface area contributed by atoms with Gasteiger partial charge in [0.05, 0.1) is 16.8 Å². The van der Waals surface area contributed by atoms with Crippen molar-refractivity contribution in [1.29, 1.82) is 0 Å². The van der Waals surface area contributed by atoms with Crippen LogP contribution in [0.15, 0.2) is 199 Å². The molecule has 2 aliphatic rings. The molecule has 0 saturated carbocycles. The lowest BCUT2D eigenvalue weighted by molar-refractivity contribution is 0.628. The van der Waals surface area contributed by atoms with Crippen molar-refractivity contribution in [2.24, 2.45) is 0 Å². The average Bonchev–Trinajstić information content (AvgIpc) is 3.90. The molecule has 12 rings (SSSR count). The van der Waals surface area contributed by atoms with Crippen LogP contribution in [0.25, 0.3) is 89.2 Å². The highest BCUT2D eigenvalue weighted by Crippen LogP contribution is 2.65. The van der Waals surface area contributed by atoms with Crippen LogP contribution in [-0.4, -0.2) is 9.97 Å². The maximum Gasteiger partial charge on any atom is 0.160 e. The molecule has 8 aromatic carbocycles. The van der Waals surface area contributed by atoms with Crippen LogP contribution in [0.3, 0.4) is 0 Å². The molecule has 56 heavy (non-hydrogen) atoms. The van der Waals surface area contributed by atoms with Crippen LogP contribution < -0.4 is 0 Å². The Morgan fingerprint density at radius 1 is 0.375 bits per heavy atom. The number of hydrogen-bond acceptors (Lipinski definition) is 3. The minimum atomic E-state index is -0.473. The van der Waals surface area contributed by atoms with E-state index in [9.17, 15) is 0 Å². The third-order valence-electron chi connectivity index (χ3n) is 11.9. The van der Waals surface area contributed by atoms with E-state index in [1.54, 1.807) is 0 Å². The maximum atomic E-state index is 6.68. The summed E-state index contributed by atoms with van der Waals surface area (Å²) in [5.41, 5.74) is 16.4. The minimum absolute atomic E-state index is 0.473. The van der Waals surface area contributed by atoms with Gasteiger partial charge in [0.2, 0.25) is 0 Å². The number of nitrogens with zero attached hydrogens (tertiary/aromatic N) is 2. The summed E-state index contributed by atoms with van der Waals surface area (Å²) >= 11 is 0. The first-order chi connectivity index (χ1) is 27.7. The summed E-state index contributed by atoms with van der Waals surface area (Å²) in [6, 6.07) is 69.4. The van der Waals surface area contributed by atoms with Crippen LogP contribution in [0.1, 0.15) is 22.3 Å². The number of aromatic nitrogens is 2. The van der Waals surface area contributed by atoms with E-state index >= 15 is 0 Å². The number of hydrogen-bond donors (Lipinski definition) is 0. The molecule has 2 aromatic heterocycles. The molecular formula is C53H32N2O. The first-order valence-electron chi connectivity index (χ1n) is 19.1. The normalized spacial score (nSPS) is 14.9. The molecule has 0 N–H and O–H groups in total. The van der Waals surface area contributed by atoms with E-state index in [0.717, 1.165) is 50.5 Å². The fraction of sp³-hybridized carbons (Fsp3) is 0.0189. The lowest BCUT2D eigenvalue weighted by Crippen LogP contribution is -2.25. The Morgan fingerprint density at radius 3 is 1.84 bits per heavy atom. The summed E-state index contributed by atoms with van der Waals surface area (Å²) in [5.74, 6) is 1.68. The SMILES string of the molecule is c1ccc(-c2nc(-c3cccc(-c4ccc5c(c4)-c4ccccc4C54c5ccccc5-c5oc6ccccc6c54)c3)cc(-c3ccc4ccccc4c3)n2)cc1.